The van der Waals surface area contributed by atoms with Gasteiger partial charge in [-0.2, -0.15) is 0 Å². The van der Waals surface area contributed by atoms with E-state index >= 15 is 0 Å². The summed E-state index contributed by atoms with van der Waals surface area (Å²) in [6, 6.07) is 46.3. The van der Waals surface area contributed by atoms with Crippen molar-refractivity contribution in [2.75, 3.05) is 0 Å². The molecule has 0 amide bonds. The largest absolute Gasteiger partial charge is 0.0622 e. The minimum Gasteiger partial charge on any atom is -0.0622 e. The maximum Gasteiger partial charge on any atom is -0.0105 e. The Hall–Kier alpha value is -4.94. The van der Waals surface area contributed by atoms with Gasteiger partial charge in [-0.3, -0.25) is 0 Å². The van der Waals surface area contributed by atoms with Crippen LogP contribution in [0.5, 0.6) is 0 Å². The second-order valence-electron chi connectivity index (χ2n) is 9.05. The van der Waals surface area contributed by atoms with Gasteiger partial charge in [0.1, 0.15) is 0 Å². The normalized spacial score (nSPS) is 11.8. The molecule has 0 aromatic heterocycles. The molecule has 0 radical (unpaired) electrons. The Bertz CT molecular complexity index is 1430. The van der Waals surface area contributed by atoms with Crippen LogP contribution in [-0.4, -0.2) is 0 Å². The van der Waals surface area contributed by atoms with Gasteiger partial charge in [0.2, 0.25) is 0 Å². The molecule has 0 fully saturated rings. The summed E-state index contributed by atoms with van der Waals surface area (Å²) < 4.78 is 0. The molecule has 0 unspecified atom stereocenters. The molecule has 0 N–H and O–H groups in total. The fraction of sp³-hybridized carbons (Fsp3) is 0. The van der Waals surface area contributed by atoms with Crippen LogP contribution in [0.25, 0.3) is 48.6 Å². The third-order valence-corrected chi connectivity index (χ3v) is 6.35. The van der Waals surface area contributed by atoms with Crippen LogP contribution in [0.4, 0.5) is 0 Å². The third kappa shape index (κ3) is 6.84. The Morgan fingerprint density at radius 3 is 0.789 bits per heavy atom. The van der Waals surface area contributed by atoms with Crippen LogP contribution in [0.1, 0.15) is 44.5 Å². The predicted octanol–water partition coefficient (Wildman–Crippen LogP) is 10.4. The molecule has 0 nitrogen and oxygen atoms in total. The number of benzene rings is 5. The van der Waals surface area contributed by atoms with Crippen molar-refractivity contribution >= 4 is 48.6 Å². The van der Waals surface area contributed by atoms with Gasteiger partial charge in [0.05, 0.1) is 0 Å². The summed E-state index contributed by atoms with van der Waals surface area (Å²) in [5.74, 6) is 0. The van der Waals surface area contributed by atoms with Crippen molar-refractivity contribution in [2.24, 2.45) is 0 Å². The first-order chi connectivity index (χ1) is 18.8. The van der Waals surface area contributed by atoms with E-state index in [9.17, 15) is 0 Å². The van der Waals surface area contributed by atoms with Crippen LogP contribution in [0, 0.1) is 0 Å². The first-order valence-electron chi connectivity index (χ1n) is 12.9. The molecular formula is C38H30. The van der Waals surface area contributed by atoms with Crippen molar-refractivity contribution < 1.29 is 0 Å². The van der Waals surface area contributed by atoms with Gasteiger partial charge in [0.25, 0.3) is 0 Å². The van der Waals surface area contributed by atoms with E-state index in [1.165, 1.54) is 44.5 Å². The molecule has 182 valence electrons. The lowest BCUT2D eigenvalue weighted by atomic mass is 9.93. The monoisotopic (exact) mass is 486 g/mol. The van der Waals surface area contributed by atoms with E-state index in [4.69, 9.17) is 0 Å². The van der Waals surface area contributed by atoms with E-state index in [2.05, 4.69) is 158 Å². The van der Waals surface area contributed by atoms with Gasteiger partial charge in [-0.15, -0.1) is 0 Å². The Kier molecular flexibility index (Phi) is 8.37. The van der Waals surface area contributed by atoms with Gasteiger partial charge in [0, 0.05) is 0 Å². The Morgan fingerprint density at radius 2 is 0.500 bits per heavy atom. The van der Waals surface area contributed by atoms with E-state index < -0.39 is 0 Å². The van der Waals surface area contributed by atoms with Crippen molar-refractivity contribution in [3.63, 3.8) is 0 Å². The van der Waals surface area contributed by atoms with Gasteiger partial charge in [-0.1, -0.05) is 182 Å². The fourth-order valence-corrected chi connectivity index (χ4v) is 4.32. The topological polar surface area (TPSA) is 0 Å². The summed E-state index contributed by atoms with van der Waals surface area (Å²) in [6.07, 6.45) is 17.7. The lowest BCUT2D eigenvalue weighted by Gasteiger charge is -2.12. The molecule has 5 rings (SSSR count). The lowest BCUT2D eigenvalue weighted by molar-refractivity contribution is 1.54. The van der Waals surface area contributed by atoms with Crippen LogP contribution in [-0.2, 0) is 0 Å². The summed E-state index contributed by atoms with van der Waals surface area (Å²) in [5, 5.41) is 0. The minimum absolute atomic E-state index is 1.17. The fourth-order valence-electron chi connectivity index (χ4n) is 4.32. The van der Waals surface area contributed by atoms with E-state index in [-0.39, 0.29) is 0 Å². The smallest absolute Gasteiger partial charge is 0.0105 e. The second kappa shape index (κ2) is 12.9. The molecule has 38 heavy (non-hydrogen) atoms. The molecule has 0 aliphatic rings. The molecule has 0 saturated heterocycles. The average Bonchev–Trinajstić information content (AvgIpc) is 2.99. The van der Waals surface area contributed by atoms with E-state index in [1.807, 2.05) is 24.3 Å². The quantitative estimate of drug-likeness (QED) is 0.191. The molecule has 0 atom stereocenters. The molecule has 5 aromatic carbocycles. The molecule has 5 aromatic rings. The zero-order chi connectivity index (χ0) is 25.8. The predicted molar refractivity (Wildman–Crippen MR) is 168 cm³/mol. The van der Waals surface area contributed by atoms with Crippen LogP contribution in [0.15, 0.2) is 133 Å². The Morgan fingerprint density at radius 1 is 0.237 bits per heavy atom. The standard InChI is InChI=1S/C38H30/c1-5-13-31(14-6-1)21-25-35-27-28-36(26-22-32-15-7-2-8-16-32)38(30-24-34-19-11-4-12-20-34)37(35)29-23-33-17-9-3-10-18-33/h1-30H. The number of rotatable bonds is 8. The van der Waals surface area contributed by atoms with Crippen LogP contribution < -0.4 is 0 Å². The Labute approximate surface area is 226 Å². The van der Waals surface area contributed by atoms with Crippen molar-refractivity contribution in [1.29, 1.82) is 0 Å². The molecule has 0 heteroatoms. The minimum atomic E-state index is 1.17. The summed E-state index contributed by atoms with van der Waals surface area (Å²) in [5.41, 5.74) is 9.42. The zero-order valence-electron chi connectivity index (χ0n) is 21.3. The maximum absolute atomic E-state index is 2.24. The van der Waals surface area contributed by atoms with Crippen LogP contribution in [0.2, 0.25) is 0 Å². The highest BCUT2D eigenvalue weighted by Gasteiger charge is 2.07. The molecular weight excluding hydrogens is 456 g/mol. The highest BCUT2D eigenvalue weighted by atomic mass is 14.1. The summed E-state index contributed by atoms with van der Waals surface area (Å²) >= 11 is 0. The summed E-state index contributed by atoms with van der Waals surface area (Å²) in [7, 11) is 0. The van der Waals surface area contributed by atoms with Crippen molar-refractivity contribution in [3.05, 3.63) is 178 Å². The van der Waals surface area contributed by atoms with Crippen molar-refractivity contribution in [3.8, 4) is 0 Å². The van der Waals surface area contributed by atoms with E-state index in [0.29, 0.717) is 0 Å². The first kappa shape index (κ1) is 24.7. The van der Waals surface area contributed by atoms with Gasteiger partial charge in [-0.25, -0.2) is 0 Å². The zero-order valence-corrected chi connectivity index (χ0v) is 21.3. The van der Waals surface area contributed by atoms with Gasteiger partial charge in [-0.05, 0) is 44.5 Å². The average molecular weight is 487 g/mol. The third-order valence-electron chi connectivity index (χ3n) is 6.35. The first-order valence-corrected chi connectivity index (χ1v) is 12.9. The highest BCUT2D eigenvalue weighted by molar-refractivity contribution is 5.90. The second-order valence-corrected chi connectivity index (χ2v) is 9.05. The molecule has 0 heterocycles. The van der Waals surface area contributed by atoms with E-state index in [0.717, 1.165) is 0 Å². The summed E-state index contributed by atoms with van der Waals surface area (Å²) in [4.78, 5) is 0. The molecule has 0 spiro atoms. The molecule has 0 aliphatic heterocycles. The number of hydrogen-bond donors (Lipinski definition) is 0. The molecule has 0 bridgehead atoms. The van der Waals surface area contributed by atoms with Gasteiger partial charge >= 0.3 is 0 Å². The Balaban J connectivity index is 1.64. The van der Waals surface area contributed by atoms with Gasteiger partial charge < -0.3 is 0 Å². The molecule has 0 saturated carbocycles. The SMILES string of the molecule is C(=Cc1ccc(C=Cc2ccccc2)c(C=Cc2ccccc2)c1C=Cc1ccccc1)c1ccccc1. The lowest BCUT2D eigenvalue weighted by Crippen LogP contribution is -1.92. The van der Waals surface area contributed by atoms with E-state index in [1.54, 1.807) is 0 Å². The number of hydrogen-bond acceptors (Lipinski definition) is 0. The summed E-state index contributed by atoms with van der Waals surface area (Å²) in [6.45, 7) is 0. The van der Waals surface area contributed by atoms with Gasteiger partial charge in [0.15, 0.2) is 0 Å². The van der Waals surface area contributed by atoms with Crippen molar-refractivity contribution in [1.82, 2.24) is 0 Å². The van der Waals surface area contributed by atoms with Crippen LogP contribution in [0.3, 0.4) is 0 Å². The highest BCUT2D eigenvalue weighted by Crippen LogP contribution is 2.28. The molecule has 0 aliphatic carbocycles. The van der Waals surface area contributed by atoms with Crippen LogP contribution >= 0.6 is 0 Å². The van der Waals surface area contributed by atoms with Crippen molar-refractivity contribution in [2.45, 2.75) is 0 Å². The maximum atomic E-state index is 2.24.